The van der Waals surface area contributed by atoms with Crippen LogP contribution < -0.4 is 5.73 Å². The fourth-order valence-corrected chi connectivity index (χ4v) is 1.11. The first kappa shape index (κ1) is 10.8. The van der Waals surface area contributed by atoms with Crippen molar-refractivity contribution in [1.29, 1.82) is 0 Å². The quantitative estimate of drug-likeness (QED) is 0.176. The van der Waals surface area contributed by atoms with Crippen LogP contribution in [0.25, 0.3) is 0 Å². The van der Waals surface area contributed by atoms with Crippen molar-refractivity contribution in [3.63, 3.8) is 0 Å². The van der Waals surface area contributed by atoms with Gasteiger partial charge in [-0.2, -0.15) is 0 Å². The molecule has 0 aliphatic heterocycles. The Kier molecular flexibility index (Phi) is 4.75. The van der Waals surface area contributed by atoms with Gasteiger partial charge >= 0.3 is 0 Å². The topological polar surface area (TPSA) is 67.8 Å². The molecular formula is C9H13BN2O2. The van der Waals surface area contributed by atoms with Gasteiger partial charge in [0, 0.05) is 0 Å². The Labute approximate surface area is 83.6 Å². The van der Waals surface area contributed by atoms with Crippen LogP contribution in [-0.2, 0) is 11.0 Å². The lowest BCUT2D eigenvalue weighted by atomic mass is 9.89. The van der Waals surface area contributed by atoms with Gasteiger partial charge in [0.05, 0.1) is 12.9 Å². The average molecular weight is 192 g/mol. The number of benzene rings is 1. The van der Waals surface area contributed by atoms with Crippen LogP contribution in [0.15, 0.2) is 29.4 Å². The third-order valence-corrected chi connectivity index (χ3v) is 1.84. The molecule has 0 saturated heterocycles. The van der Waals surface area contributed by atoms with Crippen molar-refractivity contribution < 1.29 is 9.86 Å². The first-order valence-electron chi connectivity index (χ1n) is 4.41. The SMILES string of the molecule is NCOBCc1ccc(/C=N/O)cc1. The van der Waals surface area contributed by atoms with Crippen molar-refractivity contribution in [2.24, 2.45) is 10.9 Å². The van der Waals surface area contributed by atoms with Gasteiger partial charge in [0.1, 0.15) is 0 Å². The van der Waals surface area contributed by atoms with Gasteiger partial charge in [-0.3, -0.25) is 0 Å². The second-order valence-electron chi connectivity index (χ2n) is 2.81. The van der Waals surface area contributed by atoms with Gasteiger partial charge < -0.3 is 15.6 Å². The van der Waals surface area contributed by atoms with Crippen molar-refractivity contribution in [2.45, 2.75) is 6.32 Å². The molecule has 5 heteroatoms. The van der Waals surface area contributed by atoms with E-state index in [0.717, 1.165) is 11.9 Å². The second-order valence-corrected chi connectivity index (χ2v) is 2.81. The average Bonchev–Trinajstić information content (AvgIpc) is 2.21. The summed E-state index contributed by atoms with van der Waals surface area (Å²) >= 11 is 0. The van der Waals surface area contributed by atoms with E-state index < -0.39 is 0 Å². The summed E-state index contributed by atoms with van der Waals surface area (Å²) in [7, 11) is 0.629. The smallest absolute Gasteiger partial charge is 0.281 e. The maximum atomic E-state index is 8.30. The van der Waals surface area contributed by atoms with Crippen molar-refractivity contribution in [2.75, 3.05) is 6.73 Å². The highest BCUT2D eigenvalue weighted by Gasteiger charge is 1.95. The first-order valence-corrected chi connectivity index (χ1v) is 4.41. The van der Waals surface area contributed by atoms with Crippen molar-refractivity contribution in [3.8, 4) is 0 Å². The van der Waals surface area contributed by atoms with Crippen LogP contribution in [0, 0.1) is 0 Å². The second kappa shape index (κ2) is 6.18. The van der Waals surface area contributed by atoms with Crippen LogP contribution in [-0.4, -0.2) is 25.6 Å². The molecule has 1 aromatic carbocycles. The molecule has 0 radical (unpaired) electrons. The predicted octanol–water partition coefficient (Wildman–Crippen LogP) is 0.279. The summed E-state index contributed by atoms with van der Waals surface area (Å²) < 4.78 is 5.03. The van der Waals surface area contributed by atoms with E-state index in [1.807, 2.05) is 24.3 Å². The summed E-state index contributed by atoms with van der Waals surface area (Å²) in [6, 6.07) is 7.71. The third-order valence-electron chi connectivity index (χ3n) is 1.84. The molecule has 0 bridgehead atoms. The molecule has 0 aliphatic rings. The highest BCUT2D eigenvalue weighted by Crippen LogP contribution is 2.02. The summed E-state index contributed by atoms with van der Waals surface area (Å²) in [5.41, 5.74) is 7.23. The van der Waals surface area contributed by atoms with E-state index in [2.05, 4.69) is 5.16 Å². The largest absolute Gasteiger partial charge is 0.427 e. The zero-order chi connectivity index (χ0) is 10.2. The normalized spacial score (nSPS) is 10.6. The molecule has 0 atom stereocenters. The molecule has 0 heterocycles. The lowest BCUT2D eigenvalue weighted by Crippen LogP contribution is -2.10. The Bertz CT molecular complexity index is 287. The maximum Gasteiger partial charge on any atom is 0.281 e. The standard InChI is InChI=1S/C9H13BN2O2/c11-7-14-10-5-8-1-3-9(4-2-8)6-12-13/h1-4,6,10,13H,5,7,11H2/b12-6+. The van der Waals surface area contributed by atoms with Crippen molar-refractivity contribution >= 4 is 13.7 Å². The number of oxime groups is 1. The van der Waals surface area contributed by atoms with Gasteiger partial charge in [-0.05, 0) is 11.9 Å². The van der Waals surface area contributed by atoms with Crippen molar-refractivity contribution in [3.05, 3.63) is 35.4 Å². The predicted molar refractivity (Wildman–Crippen MR) is 56.8 cm³/mol. The van der Waals surface area contributed by atoms with Crippen LogP contribution in [0.1, 0.15) is 11.1 Å². The van der Waals surface area contributed by atoms with Crippen LogP contribution in [0.4, 0.5) is 0 Å². The Morgan fingerprint density at radius 3 is 2.71 bits per heavy atom. The Hall–Kier alpha value is -1.33. The molecule has 74 valence electrons. The minimum absolute atomic E-state index is 0.259. The highest BCUT2D eigenvalue weighted by atomic mass is 16.4. The molecule has 0 amide bonds. The number of hydrogen-bond donors (Lipinski definition) is 2. The number of nitrogens with two attached hydrogens (primary N) is 1. The summed E-state index contributed by atoms with van der Waals surface area (Å²) in [6.45, 7) is 0.259. The molecule has 1 rings (SSSR count). The van der Waals surface area contributed by atoms with E-state index in [9.17, 15) is 0 Å². The van der Waals surface area contributed by atoms with E-state index in [-0.39, 0.29) is 6.73 Å². The van der Waals surface area contributed by atoms with E-state index in [1.165, 1.54) is 11.8 Å². The van der Waals surface area contributed by atoms with Crippen LogP contribution in [0.2, 0.25) is 0 Å². The van der Waals surface area contributed by atoms with Crippen LogP contribution >= 0.6 is 0 Å². The Morgan fingerprint density at radius 2 is 2.14 bits per heavy atom. The van der Waals surface area contributed by atoms with Gasteiger partial charge in [0.15, 0.2) is 0 Å². The minimum Gasteiger partial charge on any atom is -0.427 e. The Balaban J connectivity index is 2.46. The van der Waals surface area contributed by atoms with Crippen LogP contribution in [0.3, 0.4) is 0 Å². The molecule has 4 nitrogen and oxygen atoms in total. The highest BCUT2D eigenvalue weighted by molar-refractivity contribution is 6.26. The monoisotopic (exact) mass is 192 g/mol. The zero-order valence-corrected chi connectivity index (χ0v) is 7.89. The molecule has 0 aromatic heterocycles. The fraction of sp³-hybridized carbons (Fsp3) is 0.222. The lowest BCUT2D eigenvalue weighted by molar-refractivity contribution is 0.322. The van der Waals surface area contributed by atoms with Gasteiger partial charge in [0.2, 0.25) is 0 Å². The van der Waals surface area contributed by atoms with Gasteiger partial charge in [-0.25, -0.2) is 0 Å². The Morgan fingerprint density at radius 1 is 1.43 bits per heavy atom. The van der Waals surface area contributed by atoms with E-state index in [0.29, 0.717) is 7.48 Å². The fourth-order valence-electron chi connectivity index (χ4n) is 1.11. The zero-order valence-electron chi connectivity index (χ0n) is 7.89. The molecule has 0 aliphatic carbocycles. The van der Waals surface area contributed by atoms with Crippen molar-refractivity contribution in [1.82, 2.24) is 0 Å². The summed E-state index contributed by atoms with van der Waals surface area (Å²) in [6.07, 6.45) is 2.23. The lowest BCUT2D eigenvalue weighted by Gasteiger charge is -2.00. The summed E-state index contributed by atoms with van der Waals surface area (Å²) in [5.74, 6) is 0. The number of nitrogens with zero attached hydrogens (tertiary/aromatic N) is 1. The molecule has 0 spiro atoms. The minimum atomic E-state index is 0.259. The molecule has 14 heavy (non-hydrogen) atoms. The number of hydrogen-bond acceptors (Lipinski definition) is 4. The molecule has 0 unspecified atom stereocenters. The third kappa shape index (κ3) is 3.59. The number of rotatable bonds is 5. The van der Waals surface area contributed by atoms with Gasteiger partial charge in [-0.1, -0.05) is 35.0 Å². The van der Waals surface area contributed by atoms with E-state index >= 15 is 0 Å². The van der Waals surface area contributed by atoms with E-state index in [4.69, 9.17) is 15.6 Å². The van der Waals surface area contributed by atoms with Gasteiger partial charge in [-0.15, -0.1) is 0 Å². The first-order chi connectivity index (χ1) is 6.86. The molecule has 0 saturated carbocycles. The molecule has 3 N–H and O–H groups in total. The van der Waals surface area contributed by atoms with E-state index in [1.54, 1.807) is 0 Å². The molecular weight excluding hydrogens is 179 g/mol. The maximum absolute atomic E-state index is 8.30. The summed E-state index contributed by atoms with van der Waals surface area (Å²) in [4.78, 5) is 0. The van der Waals surface area contributed by atoms with Crippen LogP contribution in [0.5, 0.6) is 0 Å². The molecule has 0 fully saturated rings. The van der Waals surface area contributed by atoms with Gasteiger partial charge in [0.25, 0.3) is 7.48 Å². The summed E-state index contributed by atoms with van der Waals surface area (Å²) in [5, 5.41) is 11.2. The molecule has 1 aromatic rings.